The SMILES string of the molecule is CC1(c2ccc3c(c2)CCC3)CC1C#N. The molecule has 1 saturated carbocycles. The molecule has 0 N–H and O–H groups in total. The fraction of sp³-hybridized carbons (Fsp3) is 0.500. The highest BCUT2D eigenvalue weighted by Crippen LogP contribution is 2.53. The normalized spacial score (nSPS) is 32.1. The van der Waals surface area contributed by atoms with Crippen molar-refractivity contribution in [2.75, 3.05) is 0 Å². The van der Waals surface area contributed by atoms with Crippen LogP contribution in [-0.4, -0.2) is 0 Å². The van der Waals surface area contributed by atoms with E-state index in [2.05, 4.69) is 31.2 Å². The summed E-state index contributed by atoms with van der Waals surface area (Å²) in [7, 11) is 0. The van der Waals surface area contributed by atoms with Crippen LogP contribution in [0.4, 0.5) is 0 Å². The number of rotatable bonds is 1. The van der Waals surface area contributed by atoms with Gasteiger partial charge in [-0.25, -0.2) is 0 Å². The van der Waals surface area contributed by atoms with Gasteiger partial charge in [0, 0.05) is 5.41 Å². The standard InChI is InChI=1S/C14H15N/c1-14(8-13(14)9-15)12-6-5-10-3-2-4-11(10)7-12/h5-7,13H,2-4,8H2,1H3. The number of nitriles is 1. The Morgan fingerprint density at radius 1 is 1.33 bits per heavy atom. The average molecular weight is 197 g/mol. The van der Waals surface area contributed by atoms with Gasteiger partial charge in [0.15, 0.2) is 0 Å². The summed E-state index contributed by atoms with van der Waals surface area (Å²) in [6.45, 7) is 2.22. The van der Waals surface area contributed by atoms with Gasteiger partial charge in [-0.1, -0.05) is 25.1 Å². The van der Waals surface area contributed by atoms with E-state index in [-0.39, 0.29) is 11.3 Å². The van der Waals surface area contributed by atoms with Gasteiger partial charge in [-0.3, -0.25) is 0 Å². The topological polar surface area (TPSA) is 23.8 Å². The van der Waals surface area contributed by atoms with Crippen LogP contribution in [0.3, 0.4) is 0 Å². The summed E-state index contributed by atoms with van der Waals surface area (Å²) < 4.78 is 0. The van der Waals surface area contributed by atoms with Crippen molar-refractivity contribution in [3.05, 3.63) is 34.9 Å². The molecule has 0 bridgehead atoms. The quantitative estimate of drug-likeness (QED) is 0.679. The zero-order valence-electron chi connectivity index (χ0n) is 9.09. The molecule has 0 aliphatic heterocycles. The number of aryl methyl sites for hydroxylation is 2. The molecule has 0 saturated heterocycles. The number of fused-ring (bicyclic) bond motifs is 1. The molecular weight excluding hydrogens is 182 g/mol. The van der Waals surface area contributed by atoms with Gasteiger partial charge in [-0.15, -0.1) is 0 Å². The van der Waals surface area contributed by atoms with Gasteiger partial charge in [-0.2, -0.15) is 5.26 Å². The molecule has 0 aromatic heterocycles. The Labute approximate surface area is 90.7 Å². The van der Waals surface area contributed by atoms with Crippen molar-refractivity contribution in [2.24, 2.45) is 5.92 Å². The van der Waals surface area contributed by atoms with Gasteiger partial charge in [0.1, 0.15) is 0 Å². The van der Waals surface area contributed by atoms with Crippen LogP contribution in [0.5, 0.6) is 0 Å². The van der Waals surface area contributed by atoms with Gasteiger partial charge in [0.05, 0.1) is 12.0 Å². The van der Waals surface area contributed by atoms with Crippen molar-refractivity contribution in [3.63, 3.8) is 0 Å². The second-order valence-corrected chi connectivity index (χ2v) is 5.14. The molecule has 3 rings (SSSR count). The molecule has 1 nitrogen and oxygen atoms in total. The molecule has 0 amide bonds. The summed E-state index contributed by atoms with van der Waals surface area (Å²) in [5, 5.41) is 8.95. The lowest BCUT2D eigenvalue weighted by molar-refractivity contribution is 0.740. The summed E-state index contributed by atoms with van der Waals surface area (Å²) in [5.41, 5.74) is 4.59. The average Bonchev–Trinajstić information content (AvgIpc) is 2.74. The zero-order valence-corrected chi connectivity index (χ0v) is 9.09. The van der Waals surface area contributed by atoms with Crippen LogP contribution < -0.4 is 0 Å². The fourth-order valence-corrected chi connectivity index (χ4v) is 2.80. The monoisotopic (exact) mass is 197 g/mol. The summed E-state index contributed by atoms with van der Waals surface area (Å²) in [6, 6.07) is 9.25. The molecule has 2 aliphatic rings. The van der Waals surface area contributed by atoms with Crippen LogP contribution >= 0.6 is 0 Å². The molecule has 0 heterocycles. The second kappa shape index (κ2) is 2.85. The lowest BCUT2D eigenvalue weighted by Crippen LogP contribution is -2.04. The molecule has 2 unspecified atom stereocenters. The van der Waals surface area contributed by atoms with E-state index >= 15 is 0 Å². The molecule has 2 aliphatic carbocycles. The summed E-state index contributed by atoms with van der Waals surface area (Å²) in [5.74, 6) is 0.247. The van der Waals surface area contributed by atoms with E-state index in [1.54, 1.807) is 0 Å². The summed E-state index contributed by atoms with van der Waals surface area (Å²) >= 11 is 0. The van der Waals surface area contributed by atoms with E-state index < -0.39 is 0 Å². The third kappa shape index (κ3) is 1.21. The third-order valence-corrected chi connectivity index (χ3v) is 4.15. The van der Waals surface area contributed by atoms with Crippen LogP contribution in [0, 0.1) is 17.2 Å². The van der Waals surface area contributed by atoms with Gasteiger partial charge in [0.2, 0.25) is 0 Å². The Bertz CT molecular complexity index is 455. The van der Waals surface area contributed by atoms with Crippen molar-refractivity contribution in [1.29, 1.82) is 5.26 Å². The maximum absolute atomic E-state index is 8.95. The summed E-state index contributed by atoms with van der Waals surface area (Å²) in [6.07, 6.45) is 4.82. The highest BCUT2D eigenvalue weighted by atomic mass is 14.5. The van der Waals surface area contributed by atoms with E-state index in [1.807, 2.05) is 0 Å². The minimum Gasteiger partial charge on any atom is -0.198 e. The van der Waals surface area contributed by atoms with E-state index in [1.165, 1.54) is 36.0 Å². The smallest absolute Gasteiger partial charge is 0.0665 e. The maximum Gasteiger partial charge on any atom is 0.0665 e. The van der Waals surface area contributed by atoms with E-state index in [0.29, 0.717) is 0 Å². The van der Waals surface area contributed by atoms with Crippen LogP contribution in [-0.2, 0) is 18.3 Å². The van der Waals surface area contributed by atoms with Crippen molar-refractivity contribution in [2.45, 2.75) is 38.0 Å². The van der Waals surface area contributed by atoms with Gasteiger partial charge < -0.3 is 0 Å². The van der Waals surface area contributed by atoms with Crippen molar-refractivity contribution < 1.29 is 0 Å². The molecular formula is C14H15N. The van der Waals surface area contributed by atoms with Crippen molar-refractivity contribution >= 4 is 0 Å². The molecule has 1 aromatic rings. The van der Waals surface area contributed by atoms with Crippen molar-refractivity contribution in [1.82, 2.24) is 0 Å². The first-order valence-electron chi connectivity index (χ1n) is 5.76. The fourth-order valence-electron chi connectivity index (χ4n) is 2.80. The van der Waals surface area contributed by atoms with Crippen LogP contribution in [0.25, 0.3) is 0 Å². The third-order valence-electron chi connectivity index (χ3n) is 4.15. The largest absolute Gasteiger partial charge is 0.198 e. The number of benzene rings is 1. The van der Waals surface area contributed by atoms with Crippen LogP contribution in [0.15, 0.2) is 18.2 Å². The Morgan fingerprint density at radius 2 is 2.13 bits per heavy atom. The molecule has 15 heavy (non-hydrogen) atoms. The van der Waals surface area contributed by atoms with Gasteiger partial charge in [-0.05, 0) is 42.4 Å². The van der Waals surface area contributed by atoms with E-state index in [4.69, 9.17) is 5.26 Å². The zero-order chi connectivity index (χ0) is 10.5. The molecule has 0 radical (unpaired) electrons. The first-order chi connectivity index (χ1) is 7.24. The molecule has 2 atom stereocenters. The number of nitrogens with zero attached hydrogens (tertiary/aromatic N) is 1. The maximum atomic E-state index is 8.95. The Balaban J connectivity index is 1.98. The Morgan fingerprint density at radius 3 is 2.87 bits per heavy atom. The summed E-state index contributed by atoms with van der Waals surface area (Å²) in [4.78, 5) is 0. The number of hydrogen-bond donors (Lipinski definition) is 0. The molecule has 76 valence electrons. The highest BCUT2D eigenvalue weighted by molar-refractivity contribution is 5.43. The Kier molecular flexibility index (Phi) is 1.71. The predicted octanol–water partition coefficient (Wildman–Crippen LogP) is 2.98. The minimum absolute atomic E-state index is 0.159. The molecule has 1 aromatic carbocycles. The predicted molar refractivity (Wildman–Crippen MR) is 59.5 cm³/mol. The first kappa shape index (κ1) is 8.97. The van der Waals surface area contributed by atoms with E-state index in [9.17, 15) is 0 Å². The van der Waals surface area contributed by atoms with Crippen molar-refractivity contribution in [3.8, 4) is 6.07 Å². The minimum atomic E-state index is 0.159. The van der Waals surface area contributed by atoms with Gasteiger partial charge in [0.25, 0.3) is 0 Å². The van der Waals surface area contributed by atoms with Crippen LogP contribution in [0.2, 0.25) is 0 Å². The first-order valence-corrected chi connectivity index (χ1v) is 5.76. The molecule has 1 heteroatoms. The lowest BCUT2D eigenvalue weighted by atomic mass is 9.93. The number of hydrogen-bond acceptors (Lipinski definition) is 1. The van der Waals surface area contributed by atoms with E-state index in [0.717, 1.165) is 6.42 Å². The second-order valence-electron chi connectivity index (χ2n) is 5.14. The molecule has 0 spiro atoms. The van der Waals surface area contributed by atoms with Gasteiger partial charge >= 0.3 is 0 Å². The molecule has 1 fully saturated rings. The lowest BCUT2D eigenvalue weighted by Gasteiger charge is -2.11. The Hall–Kier alpha value is -1.29. The highest BCUT2D eigenvalue weighted by Gasteiger charge is 2.51. The van der Waals surface area contributed by atoms with Crippen LogP contribution in [0.1, 0.15) is 36.5 Å².